The molecule has 100 valence electrons. The zero-order chi connectivity index (χ0) is 13.9. The number of tetrazole rings is 1. The highest BCUT2D eigenvalue weighted by Crippen LogP contribution is 2.24. The summed E-state index contributed by atoms with van der Waals surface area (Å²) in [5, 5.41) is 15.7. The van der Waals surface area contributed by atoms with Gasteiger partial charge in [-0.2, -0.15) is 0 Å². The largest absolute Gasteiger partial charge is 0.321 e. The lowest BCUT2D eigenvalue weighted by molar-refractivity contribution is 0.103. The number of benzene rings is 1. The van der Waals surface area contributed by atoms with Gasteiger partial charge in [-0.15, -0.1) is 16.4 Å². The van der Waals surface area contributed by atoms with Crippen LogP contribution in [0.4, 0.5) is 5.69 Å². The van der Waals surface area contributed by atoms with E-state index in [1.807, 2.05) is 29.6 Å². The number of anilines is 1. The van der Waals surface area contributed by atoms with Crippen LogP contribution in [-0.4, -0.2) is 26.1 Å². The first-order valence-corrected chi connectivity index (χ1v) is 7.29. The molecule has 1 N–H and O–H groups in total. The molecule has 3 rings (SSSR count). The van der Waals surface area contributed by atoms with Crippen LogP contribution in [0.1, 0.15) is 9.67 Å². The lowest BCUT2D eigenvalue weighted by atomic mass is 10.2. The van der Waals surface area contributed by atoms with Gasteiger partial charge >= 0.3 is 0 Å². The van der Waals surface area contributed by atoms with Crippen molar-refractivity contribution in [2.45, 2.75) is 0 Å². The Morgan fingerprint density at radius 1 is 1.35 bits per heavy atom. The number of carbonyl (C=O) groups excluding carboxylic acids is 1. The number of thiophene rings is 1. The lowest BCUT2D eigenvalue weighted by Crippen LogP contribution is -2.11. The van der Waals surface area contributed by atoms with Gasteiger partial charge in [0.05, 0.1) is 5.69 Å². The van der Waals surface area contributed by atoms with Crippen LogP contribution < -0.4 is 5.32 Å². The number of nitrogens with one attached hydrogen (secondary N) is 1. The van der Waals surface area contributed by atoms with Crippen molar-refractivity contribution < 1.29 is 4.79 Å². The topological polar surface area (TPSA) is 72.7 Å². The highest BCUT2D eigenvalue weighted by atomic mass is 79.9. The predicted molar refractivity (Wildman–Crippen MR) is 79.1 cm³/mol. The summed E-state index contributed by atoms with van der Waals surface area (Å²) < 4.78 is 2.31. The van der Waals surface area contributed by atoms with Gasteiger partial charge < -0.3 is 5.32 Å². The van der Waals surface area contributed by atoms with Crippen molar-refractivity contribution in [3.8, 4) is 5.69 Å². The third-order valence-corrected chi connectivity index (χ3v) is 4.38. The summed E-state index contributed by atoms with van der Waals surface area (Å²) in [5.41, 5.74) is 1.46. The van der Waals surface area contributed by atoms with Crippen molar-refractivity contribution in [2.75, 3.05) is 5.32 Å². The van der Waals surface area contributed by atoms with Gasteiger partial charge in [-0.25, -0.2) is 4.68 Å². The highest BCUT2D eigenvalue weighted by Gasteiger charge is 2.12. The second-order valence-corrected chi connectivity index (χ2v) is 5.63. The third-order valence-electron chi connectivity index (χ3n) is 2.54. The van der Waals surface area contributed by atoms with Crippen molar-refractivity contribution in [1.29, 1.82) is 0 Å². The van der Waals surface area contributed by atoms with Crippen LogP contribution in [0.2, 0.25) is 0 Å². The Morgan fingerprint density at radius 3 is 2.95 bits per heavy atom. The number of halogens is 1. The molecule has 0 saturated heterocycles. The molecule has 0 fully saturated rings. The average molecular weight is 350 g/mol. The van der Waals surface area contributed by atoms with Gasteiger partial charge in [-0.1, -0.05) is 6.07 Å². The Balaban J connectivity index is 1.83. The minimum Gasteiger partial charge on any atom is -0.321 e. The number of hydrogen-bond donors (Lipinski definition) is 1. The monoisotopic (exact) mass is 349 g/mol. The normalized spacial score (nSPS) is 10.4. The highest BCUT2D eigenvalue weighted by molar-refractivity contribution is 9.10. The first-order chi connectivity index (χ1) is 9.74. The van der Waals surface area contributed by atoms with Crippen LogP contribution in [0.25, 0.3) is 5.69 Å². The molecule has 0 saturated carbocycles. The van der Waals surface area contributed by atoms with E-state index in [0.29, 0.717) is 10.6 Å². The molecule has 2 aromatic heterocycles. The SMILES string of the molecule is O=C(Nc1cccc(-n2cnnn2)c1)c1sccc1Br. The summed E-state index contributed by atoms with van der Waals surface area (Å²) in [4.78, 5) is 12.8. The van der Waals surface area contributed by atoms with Gasteiger partial charge in [0.25, 0.3) is 5.91 Å². The molecule has 0 unspecified atom stereocenters. The molecule has 1 amide bonds. The average Bonchev–Trinajstić information content (AvgIpc) is 3.09. The summed E-state index contributed by atoms with van der Waals surface area (Å²) in [7, 11) is 0. The fourth-order valence-corrected chi connectivity index (χ4v) is 3.10. The van der Waals surface area contributed by atoms with E-state index in [-0.39, 0.29) is 5.91 Å². The van der Waals surface area contributed by atoms with E-state index in [9.17, 15) is 4.79 Å². The summed E-state index contributed by atoms with van der Waals surface area (Å²) in [6, 6.07) is 9.14. The van der Waals surface area contributed by atoms with Gasteiger partial charge in [0.15, 0.2) is 0 Å². The van der Waals surface area contributed by atoms with Gasteiger partial charge in [-0.05, 0) is 56.0 Å². The first kappa shape index (κ1) is 12.9. The molecule has 3 aromatic rings. The van der Waals surface area contributed by atoms with Crippen LogP contribution in [0, 0.1) is 0 Å². The van der Waals surface area contributed by atoms with E-state index < -0.39 is 0 Å². The standard InChI is InChI=1S/C12H8BrN5OS/c13-10-4-5-20-11(10)12(19)15-8-2-1-3-9(6-8)18-7-14-16-17-18/h1-7H,(H,15,19). The molecular weight excluding hydrogens is 342 g/mol. The Morgan fingerprint density at radius 2 is 2.25 bits per heavy atom. The second kappa shape index (κ2) is 5.51. The summed E-state index contributed by atoms with van der Waals surface area (Å²) >= 11 is 4.73. The summed E-state index contributed by atoms with van der Waals surface area (Å²) in [6.45, 7) is 0. The Bertz CT molecular complexity index is 740. The van der Waals surface area contributed by atoms with Crippen molar-refractivity contribution in [2.24, 2.45) is 0 Å². The number of rotatable bonds is 3. The Labute approximate surface area is 126 Å². The molecule has 0 aliphatic heterocycles. The molecule has 0 aliphatic rings. The number of aromatic nitrogens is 4. The van der Waals surface area contributed by atoms with Gasteiger partial charge in [-0.3, -0.25) is 4.79 Å². The quantitative estimate of drug-likeness (QED) is 0.788. The van der Waals surface area contributed by atoms with Crippen LogP contribution in [0.3, 0.4) is 0 Å². The molecule has 1 aromatic carbocycles. The molecular formula is C12H8BrN5OS. The molecule has 0 aliphatic carbocycles. The van der Waals surface area contributed by atoms with Crippen molar-refractivity contribution >= 4 is 38.9 Å². The van der Waals surface area contributed by atoms with Crippen molar-refractivity contribution in [1.82, 2.24) is 20.2 Å². The number of amides is 1. The van der Waals surface area contributed by atoms with Gasteiger partial charge in [0.1, 0.15) is 11.2 Å². The van der Waals surface area contributed by atoms with Gasteiger partial charge in [0, 0.05) is 10.2 Å². The van der Waals surface area contributed by atoms with Gasteiger partial charge in [0.2, 0.25) is 0 Å². The maximum atomic E-state index is 12.1. The third kappa shape index (κ3) is 2.61. The van der Waals surface area contributed by atoms with E-state index in [1.54, 1.807) is 6.07 Å². The fraction of sp³-hybridized carbons (Fsp3) is 0. The second-order valence-electron chi connectivity index (χ2n) is 3.86. The lowest BCUT2D eigenvalue weighted by Gasteiger charge is -2.06. The number of carbonyl (C=O) groups is 1. The molecule has 2 heterocycles. The van der Waals surface area contributed by atoms with E-state index >= 15 is 0 Å². The van der Waals surface area contributed by atoms with Crippen LogP contribution in [0.15, 0.2) is 46.5 Å². The zero-order valence-corrected chi connectivity index (χ0v) is 12.4. The van der Waals surface area contributed by atoms with Crippen LogP contribution >= 0.6 is 27.3 Å². The smallest absolute Gasteiger partial charge is 0.266 e. The molecule has 0 atom stereocenters. The minimum absolute atomic E-state index is 0.152. The number of nitrogens with zero attached hydrogens (tertiary/aromatic N) is 4. The predicted octanol–water partition coefficient (Wildman–Crippen LogP) is 2.74. The van der Waals surface area contributed by atoms with E-state index in [1.165, 1.54) is 22.3 Å². The molecule has 0 radical (unpaired) electrons. The summed E-state index contributed by atoms with van der Waals surface area (Å²) in [6.07, 6.45) is 1.50. The van der Waals surface area contributed by atoms with Crippen LogP contribution in [-0.2, 0) is 0 Å². The van der Waals surface area contributed by atoms with Crippen molar-refractivity contribution in [3.05, 3.63) is 51.4 Å². The molecule has 20 heavy (non-hydrogen) atoms. The maximum Gasteiger partial charge on any atom is 0.266 e. The van der Waals surface area contributed by atoms with E-state index in [4.69, 9.17) is 0 Å². The minimum atomic E-state index is -0.152. The first-order valence-electron chi connectivity index (χ1n) is 5.62. The molecule has 0 bridgehead atoms. The van der Waals surface area contributed by atoms with Crippen molar-refractivity contribution in [3.63, 3.8) is 0 Å². The Kier molecular flexibility index (Phi) is 3.57. The zero-order valence-electron chi connectivity index (χ0n) is 10.0. The molecule has 0 spiro atoms. The van der Waals surface area contributed by atoms with E-state index in [0.717, 1.165) is 10.2 Å². The molecule has 6 nitrogen and oxygen atoms in total. The van der Waals surface area contributed by atoms with Crippen LogP contribution in [0.5, 0.6) is 0 Å². The molecule has 8 heteroatoms. The Hall–Kier alpha value is -2.06. The van der Waals surface area contributed by atoms with E-state index in [2.05, 4.69) is 36.8 Å². The summed E-state index contributed by atoms with van der Waals surface area (Å²) in [5.74, 6) is -0.152. The maximum absolute atomic E-state index is 12.1. The number of hydrogen-bond acceptors (Lipinski definition) is 5. The fourth-order valence-electron chi connectivity index (χ4n) is 1.65.